The molecule has 1 atom stereocenters. The topological polar surface area (TPSA) is 98.5 Å². The van der Waals surface area contributed by atoms with Crippen LogP contribution in [0.4, 0.5) is 11.4 Å². The minimum Gasteiger partial charge on any atom is -0.449 e. The molecule has 0 heterocycles. The summed E-state index contributed by atoms with van der Waals surface area (Å²) in [4.78, 5) is 34.1. The van der Waals surface area contributed by atoms with Crippen LogP contribution in [0, 0.1) is 17.0 Å². The van der Waals surface area contributed by atoms with Gasteiger partial charge in [0.2, 0.25) is 0 Å². The average Bonchev–Trinajstić information content (AvgIpc) is 2.54. The fourth-order valence-corrected chi connectivity index (χ4v) is 1.97. The van der Waals surface area contributed by atoms with Gasteiger partial charge in [-0.25, -0.2) is 4.79 Å². The first-order valence-electron chi connectivity index (χ1n) is 7.20. The Morgan fingerprint density at radius 1 is 1.17 bits per heavy atom. The van der Waals surface area contributed by atoms with E-state index in [-0.39, 0.29) is 11.3 Å². The van der Waals surface area contributed by atoms with Gasteiger partial charge in [0, 0.05) is 17.8 Å². The summed E-state index contributed by atoms with van der Waals surface area (Å²) in [5.74, 6) is -1.19. The number of carbonyl (C=O) groups is 2. The standard InChI is InChI=1S/C17H16N2O5/c1-11-4-3-5-14(10-11)18-16(20)12(2)24-17(21)13-6-8-15(9-7-13)19(22)23/h3-10,12H,1-2H3,(H,18,20)/t12-/m0/s1. The van der Waals surface area contributed by atoms with Gasteiger partial charge in [0.25, 0.3) is 11.6 Å². The monoisotopic (exact) mass is 328 g/mol. The predicted octanol–water partition coefficient (Wildman–Crippen LogP) is 3.09. The molecule has 0 fully saturated rings. The van der Waals surface area contributed by atoms with E-state index in [1.807, 2.05) is 13.0 Å². The molecule has 2 aromatic rings. The Morgan fingerprint density at radius 3 is 2.42 bits per heavy atom. The van der Waals surface area contributed by atoms with Crippen LogP contribution < -0.4 is 5.32 Å². The molecule has 0 aliphatic carbocycles. The average molecular weight is 328 g/mol. The molecule has 0 aromatic heterocycles. The van der Waals surface area contributed by atoms with Crippen LogP contribution in [0.15, 0.2) is 48.5 Å². The number of nitro groups is 1. The number of nitrogens with one attached hydrogen (secondary N) is 1. The van der Waals surface area contributed by atoms with Crippen molar-refractivity contribution in [2.75, 3.05) is 5.32 Å². The Labute approximate surface area is 138 Å². The van der Waals surface area contributed by atoms with Gasteiger partial charge >= 0.3 is 5.97 Å². The fourth-order valence-electron chi connectivity index (χ4n) is 1.97. The number of non-ortho nitro benzene ring substituents is 1. The molecule has 0 spiro atoms. The van der Waals surface area contributed by atoms with Gasteiger partial charge in [-0.15, -0.1) is 0 Å². The number of ether oxygens (including phenoxy) is 1. The lowest BCUT2D eigenvalue weighted by Gasteiger charge is -2.13. The Morgan fingerprint density at radius 2 is 1.83 bits per heavy atom. The Bertz CT molecular complexity index is 771. The number of rotatable bonds is 5. The van der Waals surface area contributed by atoms with Crippen LogP contribution in [0.1, 0.15) is 22.8 Å². The van der Waals surface area contributed by atoms with Gasteiger partial charge in [-0.1, -0.05) is 12.1 Å². The number of benzene rings is 2. The van der Waals surface area contributed by atoms with E-state index in [4.69, 9.17) is 4.74 Å². The van der Waals surface area contributed by atoms with Crippen molar-refractivity contribution in [2.24, 2.45) is 0 Å². The summed E-state index contributed by atoms with van der Waals surface area (Å²) in [6.45, 7) is 3.35. The molecule has 0 radical (unpaired) electrons. The molecule has 2 rings (SSSR count). The molecule has 7 heteroatoms. The minimum atomic E-state index is -1.01. The van der Waals surface area contributed by atoms with Crippen molar-refractivity contribution in [1.82, 2.24) is 0 Å². The summed E-state index contributed by atoms with van der Waals surface area (Å²) in [5, 5.41) is 13.2. The molecule has 1 amide bonds. The van der Waals surface area contributed by atoms with Gasteiger partial charge in [0.05, 0.1) is 10.5 Å². The van der Waals surface area contributed by atoms with E-state index < -0.39 is 22.9 Å². The van der Waals surface area contributed by atoms with Crippen molar-refractivity contribution in [3.63, 3.8) is 0 Å². The van der Waals surface area contributed by atoms with E-state index >= 15 is 0 Å². The number of esters is 1. The second kappa shape index (κ2) is 7.36. The molecule has 1 N–H and O–H groups in total. The minimum absolute atomic E-state index is 0.128. The highest BCUT2D eigenvalue weighted by molar-refractivity contribution is 5.97. The lowest BCUT2D eigenvalue weighted by Crippen LogP contribution is -2.30. The number of anilines is 1. The van der Waals surface area contributed by atoms with E-state index in [2.05, 4.69) is 5.32 Å². The van der Waals surface area contributed by atoms with E-state index in [0.717, 1.165) is 5.56 Å². The smallest absolute Gasteiger partial charge is 0.338 e. The molecule has 2 aromatic carbocycles. The second-order valence-electron chi connectivity index (χ2n) is 5.21. The number of hydrogen-bond acceptors (Lipinski definition) is 5. The zero-order valence-corrected chi connectivity index (χ0v) is 13.2. The molecule has 0 unspecified atom stereocenters. The van der Waals surface area contributed by atoms with Crippen molar-refractivity contribution in [1.29, 1.82) is 0 Å². The van der Waals surface area contributed by atoms with Crippen LogP contribution in [0.25, 0.3) is 0 Å². The van der Waals surface area contributed by atoms with Gasteiger partial charge in [0.1, 0.15) is 0 Å². The van der Waals surface area contributed by atoms with Gasteiger partial charge in [-0.3, -0.25) is 14.9 Å². The Hall–Kier alpha value is -3.22. The molecule has 24 heavy (non-hydrogen) atoms. The third kappa shape index (κ3) is 4.39. The lowest BCUT2D eigenvalue weighted by atomic mass is 10.2. The summed E-state index contributed by atoms with van der Waals surface area (Å²) in [6.07, 6.45) is -1.01. The molecule has 0 aliphatic heterocycles. The maximum Gasteiger partial charge on any atom is 0.338 e. The first-order valence-corrected chi connectivity index (χ1v) is 7.20. The molecular formula is C17H16N2O5. The van der Waals surface area contributed by atoms with E-state index in [1.54, 1.807) is 18.2 Å². The van der Waals surface area contributed by atoms with Crippen molar-refractivity contribution < 1.29 is 19.2 Å². The van der Waals surface area contributed by atoms with Crippen LogP contribution >= 0.6 is 0 Å². The molecular weight excluding hydrogens is 312 g/mol. The number of amides is 1. The van der Waals surface area contributed by atoms with E-state index in [9.17, 15) is 19.7 Å². The van der Waals surface area contributed by atoms with Crippen molar-refractivity contribution >= 4 is 23.3 Å². The maximum atomic E-state index is 12.1. The summed E-state index contributed by atoms with van der Waals surface area (Å²) in [5.41, 5.74) is 1.61. The zero-order valence-electron chi connectivity index (χ0n) is 13.2. The number of nitro benzene ring substituents is 1. The highest BCUT2D eigenvalue weighted by Crippen LogP contribution is 2.14. The molecule has 0 bridgehead atoms. The number of nitrogens with zero attached hydrogens (tertiary/aromatic N) is 1. The summed E-state index contributed by atoms with van der Waals surface area (Å²) < 4.78 is 5.08. The van der Waals surface area contributed by atoms with Crippen molar-refractivity contribution in [3.05, 3.63) is 69.8 Å². The molecule has 124 valence electrons. The maximum absolute atomic E-state index is 12.1. The third-order valence-electron chi connectivity index (χ3n) is 3.25. The quantitative estimate of drug-likeness (QED) is 0.516. The number of aryl methyl sites for hydroxylation is 1. The van der Waals surface area contributed by atoms with Crippen molar-refractivity contribution in [3.8, 4) is 0 Å². The van der Waals surface area contributed by atoms with Crippen LogP contribution in [0.2, 0.25) is 0 Å². The molecule has 0 saturated carbocycles. The Kier molecular flexibility index (Phi) is 5.26. The van der Waals surface area contributed by atoms with Crippen LogP contribution in [-0.4, -0.2) is 22.9 Å². The predicted molar refractivity (Wildman–Crippen MR) is 87.8 cm³/mol. The lowest BCUT2D eigenvalue weighted by molar-refractivity contribution is -0.384. The van der Waals surface area contributed by atoms with E-state index in [0.29, 0.717) is 5.69 Å². The number of hydrogen-bond donors (Lipinski definition) is 1. The molecule has 0 saturated heterocycles. The van der Waals surface area contributed by atoms with Gasteiger partial charge in [-0.05, 0) is 43.7 Å². The zero-order chi connectivity index (χ0) is 17.7. The highest BCUT2D eigenvalue weighted by Gasteiger charge is 2.19. The highest BCUT2D eigenvalue weighted by atomic mass is 16.6. The van der Waals surface area contributed by atoms with Crippen molar-refractivity contribution in [2.45, 2.75) is 20.0 Å². The first-order chi connectivity index (χ1) is 11.4. The van der Waals surface area contributed by atoms with Crippen LogP contribution in [0.5, 0.6) is 0 Å². The SMILES string of the molecule is Cc1cccc(NC(=O)[C@H](C)OC(=O)c2ccc([N+](=O)[O-])cc2)c1. The third-order valence-corrected chi connectivity index (χ3v) is 3.25. The van der Waals surface area contributed by atoms with Gasteiger partial charge < -0.3 is 10.1 Å². The van der Waals surface area contributed by atoms with Gasteiger partial charge in [0.15, 0.2) is 6.10 Å². The van der Waals surface area contributed by atoms with Gasteiger partial charge in [-0.2, -0.15) is 0 Å². The second-order valence-corrected chi connectivity index (χ2v) is 5.21. The summed E-state index contributed by atoms with van der Waals surface area (Å²) in [7, 11) is 0. The van der Waals surface area contributed by atoms with Crippen LogP contribution in [0.3, 0.4) is 0 Å². The van der Waals surface area contributed by atoms with Crippen LogP contribution in [-0.2, 0) is 9.53 Å². The first kappa shape index (κ1) is 17.1. The molecule has 0 aliphatic rings. The number of carbonyl (C=O) groups excluding carboxylic acids is 2. The normalized spacial score (nSPS) is 11.4. The summed E-state index contributed by atoms with van der Waals surface area (Å²) in [6, 6.07) is 12.2. The summed E-state index contributed by atoms with van der Waals surface area (Å²) >= 11 is 0. The molecule has 7 nitrogen and oxygen atoms in total. The van der Waals surface area contributed by atoms with E-state index in [1.165, 1.54) is 31.2 Å². The fraction of sp³-hybridized carbons (Fsp3) is 0.176. The largest absolute Gasteiger partial charge is 0.449 e. The Balaban J connectivity index is 1.97.